The number of hydrogen-bond donors (Lipinski definition) is 1. The van der Waals surface area contributed by atoms with Gasteiger partial charge in [-0.3, -0.25) is 4.90 Å². The van der Waals surface area contributed by atoms with E-state index in [0.717, 1.165) is 37.0 Å². The highest BCUT2D eigenvalue weighted by molar-refractivity contribution is 4.97. The summed E-state index contributed by atoms with van der Waals surface area (Å²) in [5.74, 6) is 2.65. The molecule has 1 heterocycles. The van der Waals surface area contributed by atoms with Crippen LogP contribution in [0.15, 0.2) is 12.4 Å². The molecule has 4 heteroatoms. The lowest BCUT2D eigenvalue weighted by atomic mass is 10.0. The maximum atomic E-state index is 9.68. The maximum Gasteiger partial charge on any atom is 0.122 e. The van der Waals surface area contributed by atoms with Crippen molar-refractivity contribution in [3.8, 4) is 0 Å². The average Bonchev–Trinajstić information content (AvgIpc) is 2.94. The van der Waals surface area contributed by atoms with E-state index in [9.17, 15) is 5.11 Å². The summed E-state index contributed by atoms with van der Waals surface area (Å²) >= 11 is 0. The van der Waals surface area contributed by atoms with Crippen molar-refractivity contribution in [2.24, 2.45) is 18.9 Å². The topological polar surface area (TPSA) is 41.3 Å². The molecule has 0 bridgehead atoms. The Bertz CT molecular complexity index is 403. The van der Waals surface area contributed by atoms with Gasteiger partial charge in [-0.05, 0) is 44.6 Å². The normalized spacial score (nSPS) is 35.3. The van der Waals surface area contributed by atoms with E-state index in [-0.39, 0.29) is 6.10 Å². The first-order valence-electron chi connectivity index (χ1n) is 6.98. The highest BCUT2D eigenvalue weighted by Crippen LogP contribution is 2.45. The van der Waals surface area contributed by atoms with E-state index in [0.29, 0.717) is 6.04 Å². The summed E-state index contributed by atoms with van der Waals surface area (Å²) in [4.78, 5) is 6.83. The molecule has 3 rings (SSSR count). The molecule has 100 valence electrons. The van der Waals surface area contributed by atoms with Gasteiger partial charge in [0.05, 0.1) is 12.6 Å². The van der Waals surface area contributed by atoms with Gasteiger partial charge in [0.2, 0.25) is 0 Å². The highest BCUT2D eigenvalue weighted by atomic mass is 16.3. The van der Waals surface area contributed by atoms with Crippen molar-refractivity contribution >= 4 is 0 Å². The molecule has 2 fully saturated rings. The van der Waals surface area contributed by atoms with Gasteiger partial charge in [0.15, 0.2) is 0 Å². The van der Waals surface area contributed by atoms with Gasteiger partial charge in [-0.1, -0.05) is 0 Å². The minimum atomic E-state index is -0.0270. The van der Waals surface area contributed by atoms with Crippen LogP contribution in [0, 0.1) is 11.8 Å². The van der Waals surface area contributed by atoms with Crippen LogP contribution in [0.3, 0.4) is 0 Å². The minimum Gasteiger partial charge on any atom is -0.393 e. The third kappa shape index (κ3) is 2.19. The molecule has 4 atom stereocenters. The number of aliphatic hydroxyl groups excluding tert-OH is 1. The molecule has 2 aliphatic carbocycles. The predicted octanol–water partition coefficient (Wildman–Crippen LogP) is 1.40. The molecule has 2 aliphatic rings. The number of fused-ring (bicyclic) bond motifs is 1. The zero-order chi connectivity index (χ0) is 12.7. The first-order chi connectivity index (χ1) is 8.63. The molecule has 0 spiro atoms. The van der Waals surface area contributed by atoms with Crippen molar-refractivity contribution in [2.45, 2.75) is 44.4 Å². The van der Waals surface area contributed by atoms with Crippen LogP contribution in [-0.2, 0) is 13.6 Å². The van der Waals surface area contributed by atoms with E-state index in [1.807, 2.05) is 12.4 Å². The molecule has 1 N–H and O–H groups in total. The van der Waals surface area contributed by atoms with Gasteiger partial charge < -0.3 is 9.67 Å². The Labute approximate surface area is 109 Å². The largest absolute Gasteiger partial charge is 0.393 e. The Balaban J connectivity index is 1.59. The van der Waals surface area contributed by atoms with Crippen LogP contribution in [-0.4, -0.2) is 38.8 Å². The van der Waals surface area contributed by atoms with E-state index in [2.05, 4.69) is 28.5 Å². The number of aliphatic hydroxyl groups is 1. The molecule has 2 unspecified atom stereocenters. The molecule has 0 saturated heterocycles. The highest BCUT2D eigenvalue weighted by Gasteiger charge is 2.42. The maximum absolute atomic E-state index is 9.68. The average molecular weight is 249 g/mol. The SMILES string of the molecule is CN(Cc1nccn1C)C1C[C@H]2CC(O)C[C@H]2C1. The molecular formula is C14H23N3O. The quantitative estimate of drug-likeness (QED) is 0.880. The number of hydrogen-bond acceptors (Lipinski definition) is 3. The fraction of sp³-hybridized carbons (Fsp3) is 0.786. The van der Waals surface area contributed by atoms with Crippen LogP contribution in [0.1, 0.15) is 31.5 Å². The van der Waals surface area contributed by atoms with Crippen molar-refractivity contribution in [1.29, 1.82) is 0 Å². The van der Waals surface area contributed by atoms with Gasteiger partial charge >= 0.3 is 0 Å². The summed E-state index contributed by atoms with van der Waals surface area (Å²) < 4.78 is 2.09. The van der Waals surface area contributed by atoms with Crippen molar-refractivity contribution in [2.75, 3.05) is 7.05 Å². The zero-order valence-electron chi connectivity index (χ0n) is 11.3. The Hall–Kier alpha value is -0.870. The van der Waals surface area contributed by atoms with Crippen molar-refractivity contribution < 1.29 is 5.11 Å². The monoisotopic (exact) mass is 249 g/mol. The second-order valence-electron chi connectivity index (χ2n) is 6.14. The Morgan fingerprint density at radius 1 is 1.33 bits per heavy atom. The third-order valence-electron chi connectivity index (χ3n) is 4.90. The van der Waals surface area contributed by atoms with Crippen molar-refractivity contribution in [3.05, 3.63) is 18.2 Å². The minimum absolute atomic E-state index is 0.0270. The Morgan fingerprint density at radius 2 is 2.00 bits per heavy atom. The van der Waals surface area contributed by atoms with E-state index in [4.69, 9.17) is 0 Å². The van der Waals surface area contributed by atoms with E-state index in [1.54, 1.807) is 0 Å². The molecule has 4 nitrogen and oxygen atoms in total. The molecule has 0 aromatic carbocycles. The van der Waals surface area contributed by atoms with E-state index >= 15 is 0 Å². The molecule has 0 radical (unpaired) electrons. The van der Waals surface area contributed by atoms with Crippen LogP contribution >= 0.6 is 0 Å². The van der Waals surface area contributed by atoms with Crippen LogP contribution in [0.2, 0.25) is 0 Å². The van der Waals surface area contributed by atoms with Crippen LogP contribution in [0.4, 0.5) is 0 Å². The van der Waals surface area contributed by atoms with Gasteiger partial charge in [-0.25, -0.2) is 4.98 Å². The lowest BCUT2D eigenvalue weighted by Gasteiger charge is -2.25. The van der Waals surface area contributed by atoms with Crippen molar-refractivity contribution in [3.63, 3.8) is 0 Å². The Morgan fingerprint density at radius 3 is 2.56 bits per heavy atom. The van der Waals surface area contributed by atoms with Crippen molar-refractivity contribution in [1.82, 2.24) is 14.5 Å². The molecular weight excluding hydrogens is 226 g/mol. The van der Waals surface area contributed by atoms with Gasteiger partial charge in [-0.15, -0.1) is 0 Å². The lowest BCUT2D eigenvalue weighted by molar-refractivity contribution is 0.157. The van der Waals surface area contributed by atoms with Crippen LogP contribution in [0.25, 0.3) is 0 Å². The summed E-state index contributed by atoms with van der Waals surface area (Å²) in [7, 11) is 4.26. The van der Waals surface area contributed by atoms with Crippen LogP contribution < -0.4 is 0 Å². The predicted molar refractivity (Wildman–Crippen MR) is 69.9 cm³/mol. The second kappa shape index (κ2) is 4.67. The number of nitrogens with zero attached hydrogens (tertiary/aromatic N) is 3. The van der Waals surface area contributed by atoms with Gasteiger partial charge in [0.1, 0.15) is 5.82 Å². The summed E-state index contributed by atoms with van der Waals surface area (Å²) in [5.41, 5.74) is 0. The number of aromatic nitrogens is 2. The number of rotatable bonds is 3. The fourth-order valence-corrected chi connectivity index (χ4v) is 3.81. The molecule has 1 aromatic rings. The summed E-state index contributed by atoms with van der Waals surface area (Å²) in [5, 5.41) is 9.68. The first-order valence-corrected chi connectivity index (χ1v) is 6.98. The molecule has 1 aromatic heterocycles. The fourth-order valence-electron chi connectivity index (χ4n) is 3.81. The Kier molecular flexibility index (Phi) is 3.16. The zero-order valence-corrected chi connectivity index (χ0v) is 11.3. The van der Waals surface area contributed by atoms with Gasteiger partial charge in [0, 0.05) is 25.5 Å². The molecule has 18 heavy (non-hydrogen) atoms. The van der Waals surface area contributed by atoms with Crippen LogP contribution in [0.5, 0.6) is 0 Å². The first kappa shape index (κ1) is 12.2. The van der Waals surface area contributed by atoms with Gasteiger partial charge in [0.25, 0.3) is 0 Å². The van der Waals surface area contributed by atoms with Gasteiger partial charge in [-0.2, -0.15) is 0 Å². The summed E-state index contributed by atoms with van der Waals surface area (Å²) in [6, 6.07) is 0.671. The van der Waals surface area contributed by atoms with E-state index in [1.165, 1.54) is 12.8 Å². The summed E-state index contributed by atoms with van der Waals surface area (Å²) in [6.07, 6.45) is 8.40. The third-order valence-corrected chi connectivity index (χ3v) is 4.90. The van der Waals surface area contributed by atoms with E-state index < -0.39 is 0 Å². The molecule has 0 aliphatic heterocycles. The lowest BCUT2D eigenvalue weighted by Crippen LogP contribution is -2.30. The standard InChI is InChI=1S/C14H23N3O/c1-16-4-3-15-14(16)9-17(2)12-5-10-7-13(18)8-11(10)6-12/h3-4,10-13,18H,5-9H2,1-2H3/t10-,11+,12?,13?. The number of imidazole rings is 1. The molecule has 2 saturated carbocycles. The molecule has 0 amide bonds. The number of aryl methyl sites for hydroxylation is 1. The second-order valence-corrected chi connectivity index (χ2v) is 6.14. The summed E-state index contributed by atoms with van der Waals surface area (Å²) in [6.45, 7) is 0.927. The smallest absolute Gasteiger partial charge is 0.122 e.